The van der Waals surface area contributed by atoms with Gasteiger partial charge in [-0.2, -0.15) is 5.10 Å². The van der Waals surface area contributed by atoms with Gasteiger partial charge in [0, 0.05) is 80.3 Å². The number of aromatic nitrogens is 4. The van der Waals surface area contributed by atoms with Crippen LogP contribution in [0, 0.1) is 0 Å². The molecule has 4 aliphatic rings. The Morgan fingerprint density at radius 1 is 1.22 bits per heavy atom. The Morgan fingerprint density at radius 2 is 2.08 bits per heavy atom. The summed E-state index contributed by atoms with van der Waals surface area (Å²) in [6.45, 7) is 7.61. The van der Waals surface area contributed by atoms with Gasteiger partial charge in [0.15, 0.2) is 5.75 Å². The first-order chi connectivity index (χ1) is 18.1. The van der Waals surface area contributed by atoms with E-state index in [2.05, 4.69) is 32.9 Å². The zero-order chi connectivity index (χ0) is 25.1. The van der Waals surface area contributed by atoms with Crippen LogP contribution >= 0.6 is 0 Å². The lowest BCUT2D eigenvalue weighted by molar-refractivity contribution is -0.125. The molecule has 0 aromatic carbocycles. The van der Waals surface area contributed by atoms with Gasteiger partial charge in [-0.1, -0.05) is 6.58 Å². The minimum atomic E-state index is 0.0349. The molecule has 1 amide bonds. The Balaban J connectivity index is 1.15. The molecule has 190 valence electrons. The molecule has 1 aliphatic carbocycles. The molecule has 3 fully saturated rings. The van der Waals surface area contributed by atoms with Gasteiger partial charge in [-0.05, 0) is 43.0 Å². The molecule has 2 saturated heterocycles. The van der Waals surface area contributed by atoms with E-state index in [0.29, 0.717) is 24.5 Å². The second kappa shape index (κ2) is 8.69. The fourth-order valence-electron chi connectivity index (χ4n) is 5.88. The smallest absolute Gasteiger partial charge is 0.246 e. The highest BCUT2D eigenvalue weighted by Crippen LogP contribution is 2.49. The number of pyridine rings is 2. The van der Waals surface area contributed by atoms with Crippen LogP contribution in [0.25, 0.3) is 11.1 Å². The van der Waals surface area contributed by atoms with E-state index in [-0.39, 0.29) is 5.91 Å². The van der Waals surface area contributed by atoms with E-state index < -0.39 is 0 Å². The molecule has 7 rings (SSSR count). The molecule has 3 aromatic heterocycles. The molecule has 0 unspecified atom stereocenters. The highest BCUT2D eigenvalue weighted by molar-refractivity contribution is 5.87. The number of amides is 1. The molecule has 1 atom stereocenters. The molecule has 1 N–H and O–H groups in total. The van der Waals surface area contributed by atoms with Gasteiger partial charge in [0.1, 0.15) is 12.4 Å². The predicted molar refractivity (Wildman–Crippen MR) is 140 cm³/mol. The topological polar surface area (TPSA) is 88.4 Å². The van der Waals surface area contributed by atoms with E-state index in [1.54, 1.807) is 0 Å². The predicted octanol–water partition coefficient (Wildman–Crippen LogP) is 3.58. The molecule has 9 heteroatoms. The summed E-state index contributed by atoms with van der Waals surface area (Å²) in [5.41, 5.74) is 6.33. The van der Waals surface area contributed by atoms with Crippen molar-refractivity contribution in [2.24, 2.45) is 7.05 Å². The van der Waals surface area contributed by atoms with Gasteiger partial charge >= 0.3 is 0 Å². The van der Waals surface area contributed by atoms with Crippen LogP contribution in [0.3, 0.4) is 0 Å². The summed E-state index contributed by atoms with van der Waals surface area (Å²) < 4.78 is 8.27. The zero-order valence-electron chi connectivity index (χ0n) is 21.1. The molecule has 3 aliphatic heterocycles. The first-order valence-electron chi connectivity index (χ1n) is 13.1. The summed E-state index contributed by atoms with van der Waals surface area (Å²) in [7, 11) is 1.92. The average molecular weight is 498 g/mol. The number of likely N-dealkylation sites (tertiary alicyclic amines) is 2. The quantitative estimate of drug-likeness (QED) is 0.539. The summed E-state index contributed by atoms with van der Waals surface area (Å²) in [6, 6.07) is 4.61. The van der Waals surface area contributed by atoms with Crippen molar-refractivity contribution in [1.82, 2.24) is 29.5 Å². The molecule has 0 bridgehead atoms. The lowest BCUT2D eigenvalue weighted by Gasteiger charge is -2.43. The van der Waals surface area contributed by atoms with Crippen molar-refractivity contribution in [2.75, 3.05) is 31.5 Å². The Bertz CT molecular complexity index is 1390. The van der Waals surface area contributed by atoms with E-state index >= 15 is 0 Å². The van der Waals surface area contributed by atoms with E-state index in [4.69, 9.17) is 9.72 Å². The number of ether oxygens (including phenoxy) is 1. The van der Waals surface area contributed by atoms with Crippen LogP contribution in [-0.2, 0) is 18.4 Å². The lowest BCUT2D eigenvalue weighted by atomic mass is 9.92. The minimum Gasteiger partial charge on any atom is -0.485 e. The number of nitrogens with one attached hydrogen (secondary N) is 1. The Hall–Kier alpha value is -3.72. The Morgan fingerprint density at radius 3 is 2.84 bits per heavy atom. The first kappa shape index (κ1) is 22.5. The molecule has 0 spiro atoms. The normalized spacial score (nSPS) is 21.3. The van der Waals surface area contributed by atoms with Crippen LogP contribution in [-0.4, -0.2) is 67.7 Å². The van der Waals surface area contributed by atoms with E-state index in [9.17, 15) is 4.79 Å². The van der Waals surface area contributed by atoms with Crippen molar-refractivity contribution in [1.29, 1.82) is 0 Å². The summed E-state index contributed by atoms with van der Waals surface area (Å²) >= 11 is 0. The molecular weight excluding hydrogens is 466 g/mol. The van der Waals surface area contributed by atoms with Gasteiger partial charge in [0.25, 0.3) is 0 Å². The van der Waals surface area contributed by atoms with Crippen LogP contribution in [0.4, 0.5) is 11.5 Å². The summed E-state index contributed by atoms with van der Waals surface area (Å²) in [5, 5.41) is 7.95. The molecule has 6 heterocycles. The van der Waals surface area contributed by atoms with Gasteiger partial charge in [0.05, 0.1) is 17.6 Å². The van der Waals surface area contributed by atoms with Crippen LogP contribution in [0.15, 0.2) is 43.4 Å². The maximum Gasteiger partial charge on any atom is 0.246 e. The minimum absolute atomic E-state index is 0.0349. The molecule has 3 aromatic rings. The van der Waals surface area contributed by atoms with Crippen molar-refractivity contribution in [3.05, 3.63) is 60.3 Å². The number of carbonyl (C=O) groups is 1. The lowest BCUT2D eigenvalue weighted by Crippen LogP contribution is -2.52. The number of nitrogens with zero attached hydrogens (tertiary/aromatic N) is 6. The van der Waals surface area contributed by atoms with E-state index in [1.807, 2.05) is 41.3 Å². The van der Waals surface area contributed by atoms with Crippen LogP contribution in [0.2, 0.25) is 0 Å². The first-order valence-corrected chi connectivity index (χ1v) is 13.1. The van der Waals surface area contributed by atoms with Gasteiger partial charge in [-0.25, -0.2) is 4.98 Å². The maximum absolute atomic E-state index is 12.0. The van der Waals surface area contributed by atoms with Crippen LogP contribution < -0.4 is 10.1 Å². The third kappa shape index (κ3) is 3.98. The summed E-state index contributed by atoms with van der Waals surface area (Å²) in [6.07, 6.45) is 10.5. The second-order valence-electron chi connectivity index (χ2n) is 10.7. The monoisotopic (exact) mass is 497 g/mol. The highest BCUT2D eigenvalue weighted by atomic mass is 16.5. The maximum atomic E-state index is 12.0. The number of hydrogen-bond acceptors (Lipinski definition) is 7. The number of anilines is 2. The van der Waals surface area contributed by atoms with Gasteiger partial charge < -0.3 is 15.0 Å². The Kier molecular flexibility index (Phi) is 5.28. The molecule has 37 heavy (non-hydrogen) atoms. The van der Waals surface area contributed by atoms with Crippen molar-refractivity contribution in [2.45, 2.75) is 43.7 Å². The number of aryl methyl sites for hydroxylation is 1. The van der Waals surface area contributed by atoms with Crippen molar-refractivity contribution >= 4 is 17.4 Å². The number of rotatable bonds is 5. The molecule has 0 radical (unpaired) electrons. The van der Waals surface area contributed by atoms with Crippen molar-refractivity contribution < 1.29 is 9.53 Å². The Labute approximate surface area is 216 Å². The number of hydrogen-bond donors (Lipinski definition) is 1. The second-order valence-corrected chi connectivity index (χ2v) is 10.7. The zero-order valence-corrected chi connectivity index (χ0v) is 21.1. The summed E-state index contributed by atoms with van der Waals surface area (Å²) in [5.74, 6) is 2.57. The largest absolute Gasteiger partial charge is 0.485 e. The van der Waals surface area contributed by atoms with E-state index in [1.165, 1.54) is 6.08 Å². The summed E-state index contributed by atoms with van der Waals surface area (Å²) in [4.78, 5) is 26.2. The van der Waals surface area contributed by atoms with Crippen LogP contribution in [0.5, 0.6) is 5.75 Å². The average Bonchev–Trinajstić information content (AvgIpc) is 3.51. The van der Waals surface area contributed by atoms with Crippen molar-refractivity contribution in [3.63, 3.8) is 0 Å². The highest BCUT2D eigenvalue weighted by Gasteiger charge is 2.40. The third-order valence-electron chi connectivity index (χ3n) is 8.16. The number of carbonyl (C=O) groups excluding carboxylic acids is 1. The van der Waals surface area contributed by atoms with Gasteiger partial charge in [0.2, 0.25) is 5.91 Å². The number of fused-ring (bicyclic) bond motifs is 2. The molecule has 9 nitrogen and oxygen atoms in total. The van der Waals surface area contributed by atoms with E-state index in [0.717, 1.165) is 90.8 Å². The molecular formula is C28H31N7O2. The fraction of sp³-hybridized carbons (Fsp3) is 0.429. The third-order valence-corrected chi connectivity index (χ3v) is 8.16. The van der Waals surface area contributed by atoms with Crippen LogP contribution in [0.1, 0.15) is 48.0 Å². The van der Waals surface area contributed by atoms with Gasteiger partial charge in [-0.3, -0.25) is 19.4 Å². The standard InChI is InChI=1S/C28H31N7O2/c1-3-25(36)34-9-7-20(15-34)35-13-19(14-35)23-10-24-27(26(31-23)17-4-5-17)37-16-22-21(6-8-29-28(22)32-24)18-11-30-33(2)12-18/h3,6,8,10-12,17,19-20H,1,4-5,7,9,13-16H2,2H3,(H,29,32)/t20-/m1/s1. The molecule has 1 saturated carbocycles. The SMILES string of the molecule is C=CC(=O)N1CC[C@@H](N2CC(c3cc4c(c(C5CC5)n3)OCc3c(-c5cnn(C)c5)ccnc3N4)C2)C1. The van der Waals surface area contributed by atoms with Crippen molar-refractivity contribution in [3.8, 4) is 16.9 Å². The fourth-order valence-corrected chi connectivity index (χ4v) is 5.88. The van der Waals surface area contributed by atoms with Gasteiger partial charge in [-0.15, -0.1) is 0 Å².